The lowest BCUT2D eigenvalue weighted by atomic mass is 10.0. The van der Waals surface area contributed by atoms with E-state index in [1.807, 2.05) is 6.92 Å². The van der Waals surface area contributed by atoms with Gasteiger partial charge in [0, 0.05) is 10.9 Å². The molecular formula is C19H15F3N2O2. The third-order valence-corrected chi connectivity index (χ3v) is 4.24. The summed E-state index contributed by atoms with van der Waals surface area (Å²) in [5.74, 6) is -0.872. The van der Waals surface area contributed by atoms with E-state index in [4.69, 9.17) is 0 Å². The molecule has 7 heteroatoms. The summed E-state index contributed by atoms with van der Waals surface area (Å²) in [6.45, 7) is 3.28. The lowest BCUT2D eigenvalue weighted by Gasteiger charge is -2.14. The van der Waals surface area contributed by atoms with Gasteiger partial charge in [-0.3, -0.25) is 9.59 Å². The minimum absolute atomic E-state index is 0.207. The van der Waals surface area contributed by atoms with Gasteiger partial charge in [0.15, 0.2) is 0 Å². The minimum Gasteiger partial charge on any atom is -0.298 e. The number of hydrogen-bond donors (Lipinski definition) is 0. The first-order valence-electron chi connectivity index (χ1n) is 7.96. The second-order valence-corrected chi connectivity index (χ2v) is 5.91. The summed E-state index contributed by atoms with van der Waals surface area (Å²) in [4.78, 5) is 24.0. The first-order chi connectivity index (χ1) is 12.3. The molecule has 3 rings (SSSR count). The van der Waals surface area contributed by atoms with Gasteiger partial charge in [-0.15, -0.1) is 0 Å². The van der Waals surface area contributed by atoms with Gasteiger partial charge in [0.05, 0.1) is 22.3 Å². The van der Waals surface area contributed by atoms with Crippen molar-refractivity contribution in [2.24, 2.45) is 0 Å². The van der Waals surface area contributed by atoms with Crippen LogP contribution in [0.4, 0.5) is 13.2 Å². The van der Waals surface area contributed by atoms with Crippen molar-refractivity contribution in [2.45, 2.75) is 26.4 Å². The number of carbonyl (C=O) groups is 2. The number of aromatic nitrogens is 2. The average molecular weight is 360 g/mol. The van der Waals surface area contributed by atoms with Crippen molar-refractivity contribution in [1.82, 2.24) is 9.78 Å². The van der Waals surface area contributed by atoms with Crippen molar-refractivity contribution in [3.63, 3.8) is 0 Å². The molecule has 3 aromatic rings. The van der Waals surface area contributed by atoms with E-state index in [0.29, 0.717) is 34.9 Å². The standard InChI is InChI=1S/C19H15F3N2O2/c1-3-15-13-8-7-12(10-25)9-16(13)24(23-15)18(26)17-11(2)5-4-6-14(17)19(20,21)22/h4-10H,3H2,1-2H3. The zero-order valence-electron chi connectivity index (χ0n) is 14.1. The van der Waals surface area contributed by atoms with Gasteiger partial charge in [0.2, 0.25) is 0 Å². The summed E-state index contributed by atoms with van der Waals surface area (Å²) in [5.41, 5.74) is -0.0342. The summed E-state index contributed by atoms with van der Waals surface area (Å²) >= 11 is 0. The molecular weight excluding hydrogens is 345 g/mol. The monoisotopic (exact) mass is 360 g/mol. The van der Waals surface area contributed by atoms with Crippen LogP contribution in [-0.4, -0.2) is 22.0 Å². The van der Waals surface area contributed by atoms with Crippen LogP contribution in [0.15, 0.2) is 36.4 Å². The van der Waals surface area contributed by atoms with E-state index in [-0.39, 0.29) is 5.56 Å². The van der Waals surface area contributed by atoms with E-state index in [1.165, 1.54) is 25.1 Å². The topological polar surface area (TPSA) is 52.0 Å². The Morgan fingerprint density at radius 3 is 2.58 bits per heavy atom. The first kappa shape index (κ1) is 17.8. The molecule has 0 spiro atoms. The van der Waals surface area contributed by atoms with Crippen LogP contribution in [0.2, 0.25) is 0 Å². The van der Waals surface area contributed by atoms with Gasteiger partial charge in [0.1, 0.15) is 6.29 Å². The van der Waals surface area contributed by atoms with Crippen molar-refractivity contribution < 1.29 is 22.8 Å². The molecule has 0 aliphatic heterocycles. The summed E-state index contributed by atoms with van der Waals surface area (Å²) in [6, 6.07) is 8.28. The normalized spacial score (nSPS) is 11.7. The number of aldehydes is 1. The molecule has 26 heavy (non-hydrogen) atoms. The molecule has 0 aliphatic rings. The molecule has 0 aliphatic carbocycles. The molecule has 0 fully saturated rings. The maximum Gasteiger partial charge on any atom is 0.417 e. The number of halogens is 3. The van der Waals surface area contributed by atoms with Crippen LogP contribution >= 0.6 is 0 Å². The Bertz CT molecular complexity index is 1020. The van der Waals surface area contributed by atoms with Crippen LogP contribution in [0.1, 0.15) is 44.5 Å². The number of aryl methyl sites for hydroxylation is 2. The highest BCUT2D eigenvalue weighted by atomic mass is 19.4. The average Bonchev–Trinajstić information content (AvgIpc) is 2.98. The van der Waals surface area contributed by atoms with Crippen LogP contribution in [-0.2, 0) is 12.6 Å². The van der Waals surface area contributed by atoms with Crippen LogP contribution in [0.25, 0.3) is 10.9 Å². The lowest BCUT2D eigenvalue weighted by molar-refractivity contribution is -0.138. The number of carbonyl (C=O) groups excluding carboxylic acids is 2. The summed E-state index contributed by atoms with van der Waals surface area (Å²) in [6.07, 6.45) is -3.56. The third kappa shape index (κ3) is 2.89. The molecule has 0 N–H and O–H groups in total. The van der Waals surface area contributed by atoms with E-state index < -0.39 is 23.2 Å². The first-order valence-corrected chi connectivity index (χ1v) is 7.96. The SMILES string of the molecule is CCc1nn(C(=O)c2c(C)cccc2C(F)(F)F)c2cc(C=O)ccc12. The van der Waals surface area contributed by atoms with Crippen molar-refractivity contribution >= 4 is 23.1 Å². The minimum atomic E-state index is -4.67. The van der Waals surface area contributed by atoms with E-state index in [2.05, 4.69) is 5.10 Å². The van der Waals surface area contributed by atoms with Crippen molar-refractivity contribution in [3.05, 3.63) is 64.3 Å². The number of rotatable bonds is 3. The number of nitrogens with zero attached hydrogens (tertiary/aromatic N) is 2. The van der Waals surface area contributed by atoms with Crippen LogP contribution in [0.3, 0.4) is 0 Å². The number of fused-ring (bicyclic) bond motifs is 1. The summed E-state index contributed by atoms with van der Waals surface area (Å²) in [5, 5.41) is 4.84. The van der Waals surface area contributed by atoms with E-state index in [9.17, 15) is 22.8 Å². The largest absolute Gasteiger partial charge is 0.417 e. The van der Waals surface area contributed by atoms with Gasteiger partial charge in [-0.2, -0.15) is 23.0 Å². The molecule has 0 radical (unpaired) electrons. The summed E-state index contributed by atoms with van der Waals surface area (Å²) in [7, 11) is 0. The Morgan fingerprint density at radius 1 is 1.23 bits per heavy atom. The number of alkyl halides is 3. The van der Waals surface area contributed by atoms with E-state index in [0.717, 1.165) is 10.7 Å². The highest BCUT2D eigenvalue weighted by Crippen LogP contribution is 2.34. The van der Waals surface area contributed by atoms with Gasteiger partial charge in [-0.25, -0.2) is 0 Å². The van der Waals surface area contributed by atoms with Crippen molar-refractivity contribution in [2.75, 3.05) is 0 Å². The van der Waals surface area contributed by atoms with Gasteiger partial charge in [0.25, 0.3) is 5.91 Å². The second-order valence-electron chi connectivity index (χ2n) is 5.91. The number of benzene rings is 2. The molecule has 0 atom stereocenters. The fourth-order valence-corrected chi connectivity index (χ4v) is 2.98. The fraction of sp³-hybridized carbons (Fsp3) is 0.211. The van der Waals surface area contributed by atoms with Gasteiger partial charge >= 0.3 is 6.18 Å². The van der Waals surface area contributed by atoms with Crippen LogP contribution < -0.4 is 0 Å². The number of hydrogen-bond acceptors (Lipinski definition) is 3. The fourth-order valence-electron chi connectivity index (χ4n) is 2.98. The molecule has 1 heterocycles. The Kier molecular flexibility index (Phi) is 4.39. The van der Waals surface area contributed by atoms with Gasteiger partial charge in [-0.1, -0.05) is 31.2 Å². The van der Waals surface area contributed by atoms with Gasteiger partial charge < -0.3 is 0 Å². The molecule has 0 saturated heterocycles. The third-order valence-electron chi connectivity index (χ3n) is 4.24. The van der Waals surface area contributed by atoms with E-state index >= 15 is 0 Å². The highest BCUT2D eigenvalue weighted by Gasteiger charge is 2.36. The Labute approximate surface area is 147 Å². The Balaban J connectivity index is 2.29. The predicted octanol–water partition coefficient (Wildman–Crippen LogP) is 4.43. The molecule has 4 nitrogen and oxygen atoms in total. The van der Waals surface area contributed by atoms with E-state index in [1.54, 1.807) is 12.1 Å². The highest BCUT2D eigenvalue weighted by molar-refractivity contribution is 6.04. The van der Waals surface area contributed by atoms with Crippen LogP contribution in [0.5, 0.6) is 0 Å². The summed E-state index contributed by atoms with van der Waals surface area (Å²) < 4.78 is 41.1. The predicted molar refractivity (Wildman–Crippen MR) is 90.4 cm³/mol. The molecule has 0 saturated carbocycles. The smallest absolute Gasteiger partial charge is 0.298 e. The second kappa shape index (κ2) is 6.40. The molecule has 0 unspecified atom stereocenters. The van der Waals surface area contributed by atoms with Crippen molar-refractivity contribution in [3.8, 4) is 0 Å². The van der Waals surface area contributed by atoms with Crippen LogP contribution in [0, 0.1) is 6.92 Å². The molecule has 1 aromatic heterocycles. The maximum absolute atomic E-state index is 13.4. The van der Waals surface area contributed by atoms with Crippen molar-refractivity contribution in [1.29, 1.82) is 0 Å². The lowest BCUT2D eigenvalue weighted by Crippen LogP contribution is -2.21. The molecule has 2 aromatic carbocycles. The maximum atomic E-state index is 13.4. The Hall–Kier alpha value is -2.96. The molecule has 0 bridgehead atoms. The molecule has 0 amide bonds. The molecule has 134 valence electrons. The zero-order chi connectivity index (χ0) is 19.1. The zero-order valence-corrected chi connectivity index (χ0v) is 14.1. The van der Waals surface area contributed by atoms with Gasteiger partial charge in [-0.05, 0) is 31.0 Å². The quantitative estimate of drug-likeness (QED) is 0.650. The Morgan fingerprint density at radius 2 is 1.96 bits per heavy atom.